The first-order chi connectivity index (χ1) is 69.3. The van der Waals surface area contributed by atoms with Crippen molar-refractivity contribution in [3.8, 4) is 0 Å². The molecule has 47 heteroatoms. The number of aliphatic imine (C=N–C) groups is 14. The predicted molar refractivity (Wildman–Crippen MR) is 612 cm³/mol. The second-order valence-electron chi connectivity index (χ2n) is 31.2. The number of nitrogens with two attached hydrogens (primary N) is 14. The van der Waals surface area contributed by atoms with Crippen molar-refractivity contribution in [3.63, 3.8) is 0 Å². The van der Waals surface area contributed by atoms with Crippen LogP contribution in [0.2, 0.25) is 5.02 Å². The SMILES string of the molecule is CC(Cl)(Cl)C(N)=NC(N)=Nc1nc2ccccc2s1.CC(F)(F)c1cccc(C(N)=NC(N)=Nc2nc3ccccc3s2)c1.CCc1cccc(C(N)=NC(N)=Nc2nc3ccccc3s2)c1.Cc1ccc(C(N)=NC(N)=Nc2nc(C)c(C)s2)cc1.Cc1cccc(C(N)=NC(N)=Nc2nc(C)c(C)s2)c1.Cc1nc(N=C(N)N=C(N)c2ccccc2)sc1C.Cc1nc(N=C(N)N=C(N)c2ccccc2Cl)sc1C. The van der Waals surface area contributed by atoms with E-state index in [1.165, 1.54) is 110 Å². The van der Waals surface area contributed by atoms with Crippen molar-refractivity contribution in [1.29, 1.82) is 0 Å². The van der Waals surface area contributed by atoms with E-state index in [1.54, 1.807) is 18.2 Å². The van der Waals surface area contributed by atoms with Crippen molar-refractivity contribution in [3.05, 3.63) is 327 Å². The molecule has 7 aromatic heterocycles. The number of thiazole rings is 7. The lowest BCUT2D eigenvalue weighted by atomic mass is 10.1. The lowest BCUT2D eigenvalue weighted by Gasteiger charge is -2.11. The highest BCUT2D eigenvalue weighted by atomic mass is 35.5. The molecular formula is C99H106Cl3F2N35S7. The number of amidine groups is 7. The molecule has 28 N–H and O–H groups in total. The van der Waals surface area contributed by atoms with Crippen molar-refractivity contribution in [1.82, 2.24) is 34.9 Å². The minimum absolute atomic E-state index is 0.00783. The maximum Gasteiger partial charge on any atom is 0.270 e. The van der Waals surface area contributed by atoms with Gasteiger partial charge in [-0.3, -0.25) is 0 Å². The van der Waals surface area contributed by atoms with Gasteiger partial charge in [0.2, 0.25) is 77.6 Å². The van der Waals surface area contributed by atoms with Gasteiger partial charge < -0.3 is 80.3 Å². The molecule has 9 aromatic carbocycles. The number of hydrogen-bond acceptors (Lipinski definition) is 21. The number of aromatic nitrogens is 7. The molecule has 35 nitrogen and oxygen atoms in total. The number of alkyl halides is 4. The summed E-state index contributed by atoms with van der Waals surface area (Å²) in [7, 11) is 0. The molecule has 0 atom stereocenters. The molecule has 0 amide bonds. The van der Waals surface area contributed by atoms with Crippen molar-refractivity contribution < 1.29 is 8.78 Å². The molecule has 754 valence electrons. The van der Waals surface area contributed by atoms with Gasteiger partial charge in [0.1, 0.15) is 40.8 Å². The second kappa shape index (κ2) is 53.2. The molecule has 0 aliphatic heterocycles. The van der Waals surface area contributed by atoms with E-state index in [0.29, 0.717) is 75.4 Å². The number of nitrogens with zero attached hydrogens (tertiary/aromatic N) is 21. The zero-order chi connectivity index (χ0) is 106. The van der Waals surface area contributed by atoms with Crippen LogP contribution in [0.25, 0.3) is 30.6 Å². The van der Waals surface area contributed by atoms with Crippen LogP contribution in [-0.4, -0.2) is 122 Å². The van der Waals surface area contributed by atoms with Gasteiger partial charge in [0, 0.05) is 65.4 Å². The van der Waals surface area contributed by atoms with Crippen LogP contribution in [0.15, 0.2) is 294 Å². The van der Waals surface area contributed by atoms with Gasteiger partial charge in [-0.05, 0) is 155 Å². The fourth-order valence-electron chi connectivity index (χ4n) is 11.7. The van der Waals surface area contributed by atoms with Crippen LogP contribution in [0.1, 0.15) is 119 Å². The monoisotopic (exact) mass is 2150 g/mol. The van der Waals surface area contributed by atoms with E-state index in [4.69, 9.17) is 115 Å². The summed E-state index contributed by atoms with van der Waals surface area (Å²) in [6.07, 6.45) is 0.941. The van der Waals surface area contributed by atoms with Crippen molar-refractivity contribution in [2.24, 2.45) is 150 Å². The molecule has 0 aliphatic rings. The molecule has 0 unspecified atom stereocenters. The normalized spacial score (nSPS) is 13.0. The topological polar surface area (TPSA) is 628 Å². The van der Waals surface area contributed by atoms with Crippen LogP contribution >= 0.6 is 114 Å². The molecule has 0 saturated carbocycles. The third kappa shape index (κ3) is 35.5. The summed E-state index contributed by atoms with van der Waals surface area (Å²) in [6, 6.07) is 68.8. The second-order valence-corrected chi connectivity index (χ2v) is 41.1. The fraction of sp³-hybridized carbons (Fsp3) is 0.162. The Morgan fingerprint density at radius 2 is 0.589 bits per heavy atom. The Morgan fingerprint density at radius 1 is 0.295 bits per heavy atom. The quantitative estimate of drug-likeness (QED) is 0.0243. The first kappa shape index (κ1) is 112. The zero-order valence-electron chi connectivity index (χ0n) is 81.3. The lowest BCUT2D eigenvalue weighted by molar-refractivity contribution is 0.0174. The van der Waals surface area contributed by atoms with Gasteiger partial charge >= 0.3 is 0 Å². The number of fused-ring (bicyclic) bond motifs is 3. The molecule has 7 heterocycles. The summed E-state index contributed by atoms with van der Waals surface area (Å²) in [5.41, 5.74) is 95.4. The first-order valence-corrected chi connectivity index (χ1v) is 50.7. The summed E-state index contributed by atoms with van der Waals surface area (Å²) in [4.78, 5) is 91.9. The molecule has 16 aromatic rings. The largest absolute Gasteiger partial charge is 0.385 e. The molecule has 0 radical (unpaired) electrons. The molecular weight excluding hydrogens is 2050 g/mol. The number of aryl methyl sites for hydroxylation is 11. The van der Waals surface area contributed by atoms with Gasteiger partial charge in [0.05, 0.1) is 58.4 Å². The number of halogens is 5. The highest BCUT2D eigenvalue weighted by molar-refractivity contribution is 7.23. The van der Waals surface area contributed by atoms with Crippen molar-refractivity contribution >= 4 is 263 Å². The number of para-hydroxylation sites is 3. The molecule has 146 heavy (non-hydrogen) atoms. The average Bonchev–Trinajstić information content (AvgIpc) is 1.81. The molecule has 0 saturated heterocycles. The van der Waals surface area contributed by atoms with Gasteiger partial charge in [-0.15, -0.1) is 0 Å². The maximum atomic E-state index is 13.4. The van der Waals surface area contributed by atoms with Crippen LogP contribution in [0.4, 0.5) is 44.7 Å². The van der Waals surface area contributed by atoms with Gasteiger partial charge in [0.25, 0.3) is 5.92 Å². The van der Waals surface area contributed by atoms with Crippen molar-refractivity contribution in [2.75, 3.05) is 0 Å². The van der Waals surface area contributed by atoms with Gasteiger partial charge in [-0.2, -0.15) is 69.9 Å². The fourth-order valence-corrected chi connectivity index (χ4v) is 17.7. The minimum atomic E-state index is -2.96. The summed E-state index contributed by atoms with van der Waals surface area (Å²) in [5.74, 6) is -1.02. The molecule has 0 spiro atoms. The van der Waals surface area contributed by atoms with Crippen LogP contribution in [0.3, 0.4) is 0 Å². The van der Waals surface area contributed by atoms with Crippen LogP contribution in [0, 0.1) is 69.2 Å². The highest BCUT2D eigenvalue weighted by Crippen LogP contribution is 2.34. The summed E-state index contributed by atoms with van der Waals surface area (Å²) in [5, 5.41) is 4.39. The first-order valence-electron chi connectivity index (χ1n) is 43.8. The standard InChI is InChI=1S/C17H15F2N5S.C17H17N5S.2C14H17N5S.C13H14ClN5S.C13H15N5S.C11H11Cl2N5S/c1-17(18,19)11-6-4-5-10(9-11)14(20)23-15(21)24-16-22-12-7-2-3-8-13(12)25-16;1-2-11-6-5-7-12(10-11)15(18)21-16(19)22-17-20-13-8-3-4-9-14(13)23-17;1-8-4-6-11(7-5-8)12(15)18-13(16)19-14-17-9(2)10(3)20-14;1-8-5-4-6-11(7-8)12(15)18-13(16)19-14-17-9(2)10(3)20-14;1-7-8(2)20-13(17-7)19-12(16)18-11(15)9-5-3-4-6-10(9)14;1-8-9(2)19-13(16-8)18-12(15)17-11(14)10-6-4-3-5-7-10;1-11(12,13)8(14)17-9(15)18-10-16-6-4-2-3-5-7(6)19-10/h2-9H,1H3,(H4,20,21,22,23,24);3-10H,2H2,1H3,(H4,18,19,20,21,22);2*4-7H,1-3H3,(H4,15,16,17,18,19);3-6H,1-2H3,(H4,15,16,17,18,19);3-7H,1-2H3,(H4,14,15,16,17,18);2-5H,1H3,(H4,14,15,16,17,18). The van der Waals surface area contributed by atoms with E-state index in [2.05, 4.69) is 118 Å². The number of benzene rings is 9. The number of hydrogen-bond donors (Lipinski definition) is 14. The van der Waals surface area contributed by atoms with E-state index in [0.717, 1.165) is 120 Å². The lowest BCUT2D eigenvalue weighted by Crippen LogP contribution is -2.32. The Morgan fingerprint density at radius 3 is 0.925 bits per heavy atom. The van der Waals surface area contributed by atoms with E-state index in [-0.39, 0.29) is 64.8 Å². The third-order valence-corrected chi connectivity index (χ3v) is 27.0. The Balaban J connectivity index is 0.000000175. The average molecular weight is 2160 g/mol. The van der Waals surface area contributed by atoms with E-state index < -0.39 is 10.3 Å². The highest BCUT2D eigenvalue weighted by Gasteiger charge is 2.26. The van der Waals surface area contributed by atoms with E-state index >= 15 is 0 Å². The summed E-state index contributed by atoms with van der Waals surface area (Å²) in [6.45, 7) is 24.1. The molecule has 0 fully saturated rings. The molecule has 0 bridgehead atoms. The number of rotatable bonds is 16. The summed E-state index contributed by atoms with van der Waals surface area (Å²) < 4.78 is 28.6. The zero-order valence-corrected chi connectivity index (χ0v) is 89.3. The van der Waals surface area contributed by atoms with E-state index in [9.17, 15) is 8.78 Å². The third-order valence-electron chi connectivity index (χ3n) is 19.7. The minimum Gasteiger partial charge on any atom is -0.385 e. The molecule has 0 aliphatic carbocycles. The molecule has 16 rings (SSSR count). The maximum absolute atomic E-state index is 13.4. The Hall–Kier alpha value is -15.5. The predicted octanol–water partition coefficient (Wildman–Crippen LogP) is 19.5. The Labute approximate surface area is 884 Å². The van der Waals surface area contributed by atoms with Crippen LogP contribution in [0.5, 0.6) is 0 Å². The number of guanidine groups is 7. The van der Waals surface area contributed by atoms with Gasteiger partial charge in [-0.25, -0.2) is 43.7 Å². The van der Waals surface area contributed by atoms with Crippen LogP contribution < -0.4 is 80.3 Å². The van der Waals surface area contributed by atoms with E-state index in [1.807, 2.05) is 251 Å². The van der Waals surface area contributed by atoms with Gasteiger partial charge in [0.15, 0.2) is 4.33 Å². The Bertz CT molecular complexity index is 7540. The smallest absolute Gasteiger partial charge is 0.270 e. The Kier molecular flexibility index (Phi) is 41.0. The van der Waals surface area contributed by atoms with Crippen molar-refractivity contribution in [2.45, 2.75) is 107 Å². The summed E-state index contributed by atoms with van der Waals surface area (Å²) >= 11 is 27.7. The van der Waals surface area contributed by atoms with Crippen LogP contribution in [-0.2, 0) is 12.3 Å². The van der Waals surface area contributed by atoms with Gasteiger partial charge in [-0.1, -0.05) is 290 Å².